The van der Waals surface area contributed by atoms with Crippen molar-refractivity contribution in [2.75, 3.05) is 20.3 Å². The summed E-state index contributed by atoms with van der Waals surface area (Å²) in [6.07, 6.45) is -7.47. The van der Waals surface area contributed by atoms with Crippen LogP contribution >= 0.6 is 0 Å². The van der Waals surface area contributed by atoms with Gasteiger partial charge in [0.05, 0.1) is 19.6 Å². The molecule has 0 aliphatic carbocycles. The van der Waals surface area contributed by atoms with Crippen molar-refractivity contribution in [3.05, 3.63) is 0 Å². The van der Waals surface area contributed by atoms with Crippen molar-refractivity contribution in [2.24, 2.45) is 0 Å². The Morgan fingerprint density at radius 3 is 1.95 bits per heavy atom. The van der Waals surface area contributed by atoms with E-state index < -0.39 is 97.6 Å². The molecule has 1 rings (SSSR count). The second-order valence-electron chi connectivity index (χ2n) is 8.11. The Morgan fingerprint density at radius 2 is 1.47 bits per heavy atom. The summed E-state index contributed by atoms with van der Waals surface area (Å²) in [5.41, 5.74) is 0. The fourth-order valence-electron chi connectivity index (χ4n) is 3.57. The first-order valence-corrected chi connectivity index (χ1v) is 11.2. The molecule has 0 aromatic carbocycles. The minimum atomic E-state index is -2.81. The van der Waals surface area contributed by atoms with E-state index in [9.17, 15) is 38.7 Å². The number of nitrogens with one attached hydrogen (secondary N) is 1. The highest BCUT2D eigenvalue weighted by atomic mass is 16.7. The molecule has 16 nitrogen and oxygen atoms in total. The maximum Gasteiger partial charge on any atom is 0.366 e. The lowest BCUT2D eigenvalue weighted by molar-refractivity contribution is -0.299. The molecule has 0 aromatic heterocycles. The minimum Gasteiger partial charge on any atom is -0.465 e. The SMILES string of the molecule is COC(=O)[C@@]1(O)C[C@H](OC(C)=O)[C@@H](NC(=O)COC(C)=O)[C@H]([C@H](OC(C)=O)[C@@H](COC(C)=O)OC(C)=O)O1. The highest BCUT2D eigenvalue weighted by molar-refractivity contribution is 5.81. The zero-order valence-electron chi connectivity index (χ0n) is 21.7. The molecule has 2 N–H and O–H groups in total. The van der Waals surface area contributed by atoms with Crippen LogP contribution in [0.1, 0.15) is 41.0 Å². The Bertz CT molecular complexity index is 934. The van der Waals surface area contributed by atoms with Crippen LogP contribution in [0.2, 0.25) is 0 Å². The number of aliphatic hydroxyl groups is 1. The van der Waals surface area contributed by atoms with Crippen molar-refractivity contribution in [1.82, 2.24) is 5.32 Å². The number of hydrogen-bond acceptors (Lipinski definition) is 15. The van der Waals surface area contributed by atoms with E-state index in [1.165, 1.54) is 0 Å². The second kappa shape index (κ2) is 14.2. The average Bonchev–Trinajstić information content (AvgIpc) is 2.79. The average molecular weight is 549 g/mol. The van der Waals surface area contributed by atoms with E-state index in [1.807, 2.05) is 0 Å². The van der Waals surface area contributed by atoms with Gasteiger partial charge in [0.1, 0.15) is 18.8 Å². The molecule has 6 atom stereocenters. The second-order valence-corrected chi connectivity index (χ2v) is 8.11. The Morgan fingerprint density at radius 1 is 0.895 bits per heavy atom. The minimum absolute atomic E-state index is 0.685. The molecule has 1 saturated heterocycles. The van der Waals surface area contributed by atoms with Crippen LogP contribution in [0.4, 0.5) is 0 Å². The summed E-state index contributed by atoms with van der Waals surface area (Å²) in [6.45, 7) is 3.60. The van der Waals surface area contributed by atoms with E-state index in [2.05, 4.69) is 14.8 Å². The van der Waals surface area contributed by atoms with E-state index in [-0.39, 0.29) is 0 Å². The van der Waals surface area contributed by atoms with Crippen LogP contribution in [-0.2, 0) is 66.7 Å². The smallest absolute Gasteiger partial charge is 0.366 e. The molecule has 0 unspecified atom stereocenters. The monoisotopic (exact) mass is 549 g/mol. The lowest BCUT2D eigenvalue weighted by atomic mass is 9.88. The van der Waals surface area contributed by atoms with Gasteiger partial charge in [-0.25, -0.2) is 4.79 Å². The molecular weight excluding hydrogens is 518 g/mol. The lowest BCUT2D eigenvalue weighted by Crippen LogP contribution is -2.69. The standard InChI is InChI=1S/C22H31NO15/c1-10(24)33-8-16(36-13(4)27)19(37-14(5)28)20-18(23-17(29)9-34-11(2)25)15(35-12(3)26)7-22(31,38-20)21(30)32-6/h15-16,18-20,31H,7-9H2,1-6H3,(H,23,29)/t15-,16+,18+,19+,20+,22+/m0/s1. The molecule has 1 heterocycles. The first kappa shape index (κ1) is 32.2. The van der Waals surface area contributed by atoms with Crippen LogP contribution in [0.3, 0.4) is 0 Å². The normalized spacial score (nSPS) is 24.0. The maximum absolute atomic E-state index is 12.6. The molecule has 0 saturated carbocycles. The summed E-state index contributed by atoms with van der Waals surface area (Å²) >= 11 is 0. The van der Waals surface area contributed by atoms with Crippen molar-refractivity contribution < 1.29 is 71.8 Å². The lowest BCUT2D eigenvalue weighted by Gasteiger charge is -2.47. The van der Waals surface area contributed by atoms with Gasteiger partial charge < -0.3 is 43.6 Å². The van der Waals surface area contributed by atoms with Gasteiger partial charge in [0.25, 0.3) is 11.7 Å². The van der Waals surface area contributed by atoms with Crippen LogP contribution in [0.25, 0.3) is 0 Å². The van der Waals surface area contributed by atoms with Gasteiger partial charge in [-0.2, -0.15) is 0 Å². The molecule has 1 aliphatic heterocycles. The third kappa shape index (κ3) is 9.93. The highest BCUT2D eigenvalue weighted by Gasteiger charge is 2.57. The Kier molecular flexibility index (Phi) is 12.1. The van der Waals surface area contributed by atoms with Gasteiger partial charge >= 0.3 is 35.8 Å². The Hall–Kier alpha value is -3.79. The van der Waals surface area contributed by atoms with E-state index in [0.29, 0.717) is 0 Å². The summed E-state index contributed by atoms with van der Waals surface area (Å²) in [6, 6.07) is -1.51. The quantitative estimate of drug-likeness (QED) is 0.211. The maximum atomic E-state index is 12.6. The molecule has 1 fully saturated rings. The van der Waals surface area contributed by atoms with E-state index >= 15 is 0 Å². The number of esters is 6. The van der Waals surface area contributed by atoms with Crippen LogP contribution < -0.4 is 5.32 Å². The molecule has 16 heteroatoms. The fraction of sp³-hybridized carbons (Fsp3) is 0.682. The fourth-order valence-corrected chi connectivity index (χ4v) is 3.57. The van der Waals surface area contributed by atoms with Crippen molar-refractivity contribution in [3.63, 3.8) is 0 Å². The highest BCUT2D eigenvalue weighted by Crippen LogP contribution is 2.34. The van der Waals surface area contributed by atoms with Gasteiger partial charge in [-0.05, 0) is 0 Å². The number of ether oxygens (including phenoxy) is 7. The molecule has 38 heavy (non-hydrogen) atoms. The van der Waals surface area contributed by atoms with Crippen LogP contribution in [0, 0.1) is 0 Å². The third-order valence-corrected chi connectivity index (χ3v) is 4.88. The Labute approximate surface area is 217 Å². The molecule has 0 bridgehead atoms. The molecular formula is C22H31NO15. The zero-order valence-corrected chi connectivity index (χ0v) is 21.7. The molecule has 1 aliphatic rings. The van der Waals surface area contributed by atoms with E-state index in [4.69, 9.17) is 23.7 Å². The summed E-state index contributed by atoms with van der Waals surface area (Å²) in [5.74, 6) is -9.46. The van der Waals surface area contributed by atoms with Crippen molar-refractivity contribution in [3.8, 4) is 0 Å². The number of rotatable bonds is 11. The summed E-state index contributed by atoms with van der Waals surface area (Å²) in [4.78, 5) is 83.3. The number of hydrogen-bond donors (Lipinski definition) is 2. The van der Waals surface area contributed by atoms with Crippen molar-refractivity contribution in [1.29, 1.82) is 0 Å². The first-order chi connectivity index (χ1) is 17.6. The number of methoxy groups -OCH3 is 1. The third-order valence-electron chi connectivity index (χ3n) is 4.88. The summed E-state index contributed by atoms with van der Waals surface area (Å²) < 4.78 is 35.4. The summed E-state index contributed by atoms with van der Waals surface area (Å²) in [5, 5.41) is 13.4. The number of amides is 1. The van der Waals surface area contributed by atoms with Crippen LogP contribution in [-0.4, -0.2) is 103 Å². The van der Waals surface area contributed by atoms with Crippen molar-refractivity contribution >= 4 is 41.7 Å². The topological polar surface area (TPSA) is 216 Å². The van der Waals surface area contributed by atoms with Crippen molar-refractivity contribution in [2.45, 2.75) is 77.3 Å². The number of carbonyl (C=O) groups is 7. The zero-order chi connectivity index (χ0) is 29.2. The first-order valence-electron chi connectivity index (χ1n) is 11.2. The van der Waals surface area contributed by atoms with Gasteiger partial charge in [-0.3, -0.25) is 28.8 Å². The Balaban J connectivity index is 3.68. The predicted octanol–water partition coefficient (Wildman–Crippen LogP) is -1.96. The number of carbonyl (C=O) groups excluding carboxylic acids is 7. The molecule has 214 valence electrons. The molecule has 1 amide bonds. The molecule has 0 aromatic rings. The van der Waals surface area contributed by atoms with Crippen LogP contribution in [0.15, 0.2) is 0 Å². The summed E-state index contributed by atoms with van der Waals surface area (Å²) in [7, 11) is 0.929. The van der Waals surface area contributed by atoms with Gasteiger partial charge in [0.2, 0.25) is 0 Å². The van der Waals surface area contributed by atoms with Gasteiger partial charge in [-0.1, -0.05) is 0 Å². The van der Waals surface area contributed by atoms with E-state index in [0.717, 1.165) is 41.7 Å². The molecule has 0 spiro atoms. The van der Waals surface area contributed by atoms with Gasteiger partial charge in [0, 0.05) is 34.6 Å². The van der Waals surface area contributed by atoms with Gasteiger partial charge in [0.15, 0.2) is 18.8 Å². The van der Waals surface area contributed by atoms with Gasteiger partial charge in [-0.15, -0.1) is 0 Å². The molecule has 0 radical (unpaired) electrons. The van der Waals surface area contributed by atoms with E-state index in [1.54, 1.807) is 0 Å². The largest absolute Gasteiger partial charge is 0.465 e. The predicted molar refractivity (Wildman–Crippen MR) is 118 cm³/mol. The van der Waals surface area contributed by atoms with Crippen LogP contribution in [0.5, 0.6) is 0 Å².